The fourth-order valence-corrected chi connectivity index (χ4v) is 1.66. The van der Waals surface area contributed by atoms with Crippen molar-refractivity contribution in [2.45, 2.75) is 32.6 Å². The van der Waals surface area contributed by atoms with Crippen LogP contribution in [0.2, 0.25) is 0 Å². The fourth-order valence-electron chi connectivity index (χ4n) is 1.66. The molecule has 0 atom stereocenters. The van der Waals surface area contributed by atoms with Gasteiger partial charge in [-0.1, -0.05) is 13.3 Å². The third kappa shape index (κ3) is 5.66. The minimum Gasteiger partial charge on any atom is -0.427 e. The van der Waals surface area contributed by atoms with Gasteiger partial charge in [0.05, 0.1) is 0 Å². The van der Waals surface area contributed by atoms with Gasteiger partial charge >= 0.3 is 5.97 Å². The zero-order valence-electron chi connectivity index (χ0n) is 11.6. The molecule has 4 heteroatoms. The number of hydrogen-bond acceptors (Lipinski definition) is 4. The van der Waals surface area contributed by atoms with Crippen molar-refractivity contribution in [2.24, 2.45) is 0 Å². The summed E-state index contributed by atoms with van der Waals surface area (Å²) in [5, 5.41) is 7.83. The smallest absolute Gasteiger partial charge is 0.311 e. The maximum absolute atomic E-state index is 11.5. The highest BCUT2D eigenvalue weighted by molar-refractivity contribution is 5.98. The molecular formula is C15H21NO3. The number of carbonyl (C=O) groups is 1. The average molecular weight is 263 g/mol. The normalized spacial score (nSPS) is 10.2. The molecule has 0 bridgehead atoms. The third-order valence-electron chi connectivity index (χ3n) is 2.66. The van der Waals surface area contributed by atoms with Crippen molar-refractivity contribution in [3.05, 3.63) is 29.8 Å². The van der Waals surface area contributed by atoms with E-state index in [-0.39, 0.29) is 5.97 Å². The van der Waals surface area contributed by atoms with Gasteiger partial charge in [0.1, 0.15) is 5.75 Å². The molecular weight excluding hydrogens is 242 g/mol. The molecule has 0 aliphatic carbocycles. The maximum atomic E-state index is 11.5. The summed E-state index contributed by atoms with van der Waals surface area (Å²) >= 11 is 0. The first-order chi connectivity index (χ1) is 9.17. The van der Waals surface area contributed by atoms with E-state index in [0.29, 0.717) is 30.9 Å². The number of methoxy groups -OCH3 is 1. The lowest BCUT2D eigenvalue weighted by atomic mass is 10.1. The summed E-state index contributed by atoms with van der Waals surface area (Å²) in [6.45, 7) is 2.60. The summed E-state index contributed by atoms with van der Waals surface area (Å²) in [6, 6.07) is 7.09. The van der Waals surface area contributed by atoms with E-state index in [4.69, 9.17) is 14.9 Å². The number of carbonyl (C=O) groups excluding carboxylic acids is 1. The maximum Gasteiger partial charge on any atom is 0.311 e. The van der Waals surface area contributed by atoms with Crippen molar-refractivity contribution in [1.82, 2.24) is 0 Å². The van der Waals surface area contributed by atoms with E-state index in [1.165, 1.54) is 0 Å². The molecule has 4 nitrogen and oxygen atoms in total. The van der Waals surface area contributed by atoms with Gasteiger partial charge in [-0.25, -0.2) is 0 Å². The highest BCUT2D eigenvalue weighted by Crippen LogP contribution is 2.14. The quantitative estimate of drug-likeness (QED) is 0.339. The number of ether oxygens (including phenoxy) is 2. The van der Waals surface area contributed by atoms with Crippen molar-refractivity contribution in [1.29, 1.82) is 5.41 Å². The van der Waals surface area contributed by atoms with Gasteiger partial charge in [-0.3, -0.25) is 4.79 Å². The number of nitrogens with one attached hydrogen (secondary N) is 1. The molecule has 0 amide bonds. The van der Waals surface area contributed by atoms with Crippen LogP contribution in [0.5, 0.6) is 5.75 Å². The largest absolute Gasteiger partial charge is 0.427 e. The Morgan fingerprint density at radius 2 is 1.89 bits per heavy atom. The van der Waals surface area contributed by atoms with Crippen LogP contribution in [0.4, 0.5) is 0 Å². The van der Waals surface area contributed by atoms with Crippen LogP contribution in [0.1, 0.15) is 38.2 Å². The molecule has 0 aliphatic heterocycles. The molecule has 0 aromatic heterocycles. The van der Waals surface area contributed by atoms with Crippen LogP contribution in [0.25, 0.3) is 0 Å². The minimum absolute atomic E-state index is 0.256. The summed E-state index contributed by atoms with van der Waals surface area (Å²) in [7, 11) is 1.61. The van der Waals surface area contributed by atoms with E-state index in [9.17, 15) is 4.79 Å². The lowest BCUT2D eigenvalue weighted by molar-refractivity contribution is -0.134. The Balaban J connectivity index is 2.47. The number of hydrogen-bond donors (Lipinski definition) is 1. The van der Waals surface area contributed by atoms with Gasteiger partial charge in [-0.2, -0.15) is 0 Å². The standard InChI is InChI=1S/C15H21NO3/c1-3-5-14(16)12-7-9-13(10-8-12)19-15(17)6-4-11-18-2/h7-10,16H,3-6,11H2,1-2H3. The van der Waals surface area contributed by atoms with Crippen LogP contribution in [-0.2, 0) is 9.53 Å². The molecule has 0 saturated carbocycles. The zero-order chi connectivity index (χ0) is 14.1. The van der Waals surface area contributed by atoms with E-state index in [0.717, 1.165) is 18.4 Å². The Labute approximate surface area is 114 Å². The van der Waals surface area contributed by atoms with Gasteiger partial charge in [0.15, 0.2) is 0 Å². The van der Waals surface area contributed by atoms with Gasteiger partial charge in [0.25, 0.3) is 0 Å². The number of esters is 1. The highest BCUT2D eigenvalue weighted by atomic mass is 16.5. The van der Waals surface area contributed by atoms with Crippen molar-refractivity contribution >= 4 is 11.7 Å². The number of benzene rings is 1. The van der Waals surface area contributed by atoms with Crippen LogP contribution in [0.15, 0.2) is 24.3 Å². The Morgan fingerprint density at radius 3 is 2.47 bits per heavy atom. The van der Waals surface area contributed by atoms with Crippen LogP contribution >= 0.6 is 0 Å². The molecule has 0 radical (unpaired) electrons. The predicted octanol–water partition coefficient (Wildman–Crippen LogP) is 3.19. The summed E-state index contributed by atoms with van der Waals surface area (Å²) in [6.07, 6.45) is 2.72. The topological polar surface area (TPSA) is 59.4 Å². The third-order valence-corrected chi connectivity index (χ3v) is 2.66. The lowest BCUT2D eigenvalue weighted by Crippen LogP contribution is -2.09. The Morgan fingerprint density at radius 1 is 1.21 bits per heavy atom. The zero-order valence-corrected chi connectivity index (χ0v) is 11.6. The molecule has 1 rings (SSSR count). The van der Waals surface area contributed by atoms with Crippen LogP contribution in [0.3, 0.4) is 0 Å². The first kappa shape index (κ1) is 15.4. The molecule has 19 heavy (non-hydrogen) atoms. The Kier molecular flexibility index (Phi) is 6.82. The monoisotopic (exact) mass is 263 g/mol. The second-order valence-electron chi connectivity index (χ2n) is 4.32. The predicted molar refractivity (Wildman–Crippen MR) is 74.9 cm³/mol. The van der Waals surface area contributed by atoms with Gasteiger partial charge in [-0.05, 0) is 42.7 Å². The van der Waals surface area contributed by atoms with Gasteiger partial charge in [0, 0.05) is 25.8 Å². The van der Waals surface area contributed by atoms with Crippen LogP contribution in [-0.4, -0.2) is 25.4 Å². The fraction of sp³-hybridized carbons (Fsp3) is 0.467. The lowest BCUT2D eigenvalue weighted by Gasteiger charge is -2.06. The first-order valence-corrected chi connectivity index (χ1v) is 6.54. The first-order valence-electron chi connectivity index (χ1n) is 6.54. The van der Waals surface area contributed by atoms with Gasteiger partial charge in [0.2, 0.25) is 0 Å². The summed E-state index contributed by atoms with van der Waals surface area (Å²) < 4.78 is 10.1. The van der Waals surface area contributed by atoms with E-state index < -0.39 is 0 Å². The van der Waals surface area contributed by atoms with Crippen molar-refractivity contribution in [2.75, 3.05) is 13.7 Å². The van der Waals surface area contributed by atoms with Crippen LogP contribution < -0.4 is 4.74 Å². The second kappa shape index (κ2) is 8.43. The van der Waals surface area contributed by atoms with E-state index in [1.54, 1.807) is 19.2 Å². The van der Waals surface area contributed by atoms with Crippen molar-refractivity contribution in [3.63, 3.8) is 0 Å². The summed E-state index contributed by atoms with van der Waals surface area (Å²) in [5.41, 5.74) is 1.49. The Hall–Kier alpha value is -1.68. The molecule has 0 aliphatic rings. The van der Waals surface area contributed by atoms with E-state index in [2.05, 4.69) is 0 Å². The molecule has 104 valence electrons. The van der Waals surface area contributed by atoms with E-state index in [1.807, 2.05) is 19.1 Å². The van der Waals surface area contributed by atoms with E-state index >= 15 is 0 Å². The van der Waals surface area contributed by atoms with Gasteiger partial charge < -0.3 is 14.9 Å². The molecule has 0 heterocycles. The molecule has 1 aromatic rings. The molecule has 0 fully saturated rings. The molecule has 0 unspecified atom stereocenters. The van der Waals surface area contributed by atoms with Gasteiger partial charge in [-0.15, -0.1) is 0 Å². The van der Waals surface area contributed by atoms with Crippen molar-refractivity contribution < 1.29 is 14.3 Å². The summed E-state index contributed by atoms with van der Waals surface area (Å²) in [5.74, 6) is 0.268. The Bertz CT molecular complexity index is 412. The SMILES string of the molecule is CCCC(=N)c1ccc(OC(=O)CCCOC)cc1. The van der Waals surface area contributed by atoms with Crippen LogP contribution in [0, 0.1) is 5.41 Å². The molecule has 0 saturated heterocycles. The minimum atomic E-state index is -0.256. The highest BCUT2D eigenvalue weighted by Gasteiger charge is 2.05. The molecule has 1 N–H and O–H groups in total. The molecule has 0 spiro atoms. The summed E-state index contributed by atoms with van der Waals surface area (Å²) in [4.78, 5) is 11.5. The average Bonchev–Trinajstić information content (AvgIpc) is 2.40. The second-order valence-corrected chi connectivity index (χ2v) is 4.32. The molecule has 1 aromatic carbocycles. The van der Waals surface area contributed by atoms with Crippen molar-refractivity contribution in [3.8, 4) is 5.75 Å². The number of rotatable bonds is 8.